The second kappa shape index (κ2) is 11.0. The molecule has 31 heavy (non-hydrogen) atoms. The normalized spacial score (nSPS) is 18.5. The molecule has 5 nitrogen and oxygen atoms in total. The van der Waals surface area contributed by atoms with Crippen molar-refractivity contribution in [2.75, 3.05) is 18.1 Å². The van der Waals surface area contributed by atoms with Crippen molar-refractivity contribution in [1.82, 2.24) is 5.32 Å². The van der Waals surface area contributed by atoms with Gasteiger partial charge in [-0.3, -0.25) is 4.79 Å². The number of carbonyl (C=O) groups is 1. The van der Waals surface area contributed by atoms with Crippen LogP contribution in [0.4, 0.5) is 5.69 Å². The van der Waals surface area contributed by atoms with Crippen LogP contribution in [-0.4, -0.2) is 24.7 Å². The second-order valence-corrected chi connectivity index (χ2v) is 8.70. The molecule has 0 radical (unpaired) electrons. The van der Waals surface area contributed by atoms with Gasteiger partial charge in [0.1, 0.15) is 5.71 Å². The van der Waals surface area contributed by atoms with Crippen LogP contribution >= 0.6 is 34.8 Å². The van der Waals surface area contributed by atoms with Crippen molar-refractivity contribution in [1.29, 1.82) is 0 Å². The Morgan fingerprint density at radius 1 is 1.03 bits per heavy atom. The first-order valence-corrected chi connectivity index (χ1v) is 11.3. The van der Waals surface area contributed by atoms with Crippen LogP contribution in [0.5, 0.6) is 0 Å². The lowest BCUT2D eigenvalue weighted by molar-refractivity contribution is -0.112. The molecule has 2 aliphatic rings. The highest BCUT2D eigenvalue weighted by molar-refractivity contribution is 6.40. The van der Waals surface area contributed by atoms with Crippen molar-refractivity contribution in [3.8, 4) is 0 Å². The molecule has 1 unspecified atom stereocenters. The maximum Gasteiger partial charge on any atom is 0.265 e. The molecule has 8 heteroatoms. The van der Waals surface area contributed by atoms with E-state index in [0.717, 1.165) is 11.3 Å². The number of carbonyl (C=O) groups excluding carboxylic acids is 1. The Kier molecular flexibility index (Phi) is 8.38. The van der Waals surface area contributed by atoms with Gasteiger partial charge in [0.25, 0.3) is 5.91 Å². The minimum Gasteiger partial charge on any atom is -0.364 e. The average Bonchev–Trinajstić information content (AvgIpc) is 2.76. The zero-order valence-electron chi connectivity index (χ0n) is 17.2. The van der Waals surface area contributed by atoms with Crippen LogP contribution in [0.1, 0.15) is 31.7 Å². The lowest BCUT2D eigenvalue weighted by Gasteiger charge is -2.29. The Labute approximate surface area is 197 Å². The van der Waals surface area contributed by atoms with Gasteiger partial charge in [0, 0.05) is 16.0 Å². The van der Waals surface area contributed by atoms with E-state index in [1.165, 1.54) is 32.4 Å². The van der Waals surface area contributed by atoms with E-state index < -0.39 is 5.91 Å². The SMILES string of the molecule is C1CCNCC1.CC1C=C(c2ccc(Cl)cc2)N(c2ccc(Cl)cc2Cl)N=C1C(N)=O. The first-order valence-electron chi connectivity index (χ1n) is 10.2. The smallest absolute Gasteiger partial charge is 0.265 e. The number of allylic oxidation sites excluding steroid dienone is 1. The molecule has 0 aromatic heterocycles. The summed E-state index contributed by atoms with van der Waals surface area (Å²) < 4.78 is 0. The van der Waals surface area contributed by atoms with E-state index in [-0.39, 0.29) is 11.6 Å². The van der Waals surface area contributed by atoms with Gasteiger partial charge in [0.05, 0.1) is 16.4 Å². The highest BCUT2D eigenvalue weighted by Crippen LogP contribution is 2.37. The first-order chi connectivity index (χ1) is 14.9. The van der Waals surface area contributed by atoms with Crippen molar-refractivity contribution in [3.05, 3.63) is 69.2 Å². The molecule has 2 aromatic carbocycles. The molecule has 1 atom stereocenters. The number of hydrogen-bond acceptors (Lipinski definition) is 4. The summed E-state index contributed by atoms with van der Waals surface area (Å²) in [5.74, 6) is -0.806. The third kappa shape index (κ3) is 6.23. The molecule has 0 bridgehead atoms. The molecular weight excluding hydrogens is 455 g/mol. The van der Waals surface area contributed by atoms with Gasteiger partial charge in [-0.05, 0) is 67.9 Å². The van der Waals surface area contributed by atoms with Crippen molar-refractivity contribution in [2.45, 2.75) is 26.2 Å². The number of benzene rings is 2. The van der Waals surface area contributed by atoms with Crippen LogP contribution in [0.2, 0.25) is 15.1 Å². The fraction of sp³-hybridized carbons (Fsp3) is 0.304. The van der Waals surface area contributed by atoms with Crippen molar-refractivity contribution in [2.24, 2.45) is 16.8 Å². The Bertz CT molecular complexity index is 973. The zero-order valence-corrected chi connectivity index (χ0v) is 19.5. The monoisotopic (exact) mass is 478 g/mol. The Hall–Kier alpha value is -2.05. The number of nitrogens with two attached hydrogens (primary N) is 1. The minimum atomic E-state index is -0.575. The second-order valence-electron chi connectivity index (χ2n) is 7.42. The number of primary amides is 1. The Morgan fingerprint density at radius 2 is 1.68 bits per heavy atom. The number of rotatable bonds is 3. The summed E-state index contributed by atoms with van der Waals surface area (Å²) in [6, 6.07) is 12.4. The van der Waals surface area contributed by atoms with E-state index in [9.17, 15) is 4.79 Å². The number of nitrogens with one attached hydrogen (secondary N) is 1. The van der Waals surface area contributed by atoms with Crippen LogP contribution in [0, 0.1) is 5.92 Å². The molecule has 1 amide bonds. The van der Waals surface area contributed by atoms with Crippen molar-refractivity contribution >= 4 is 57.8 Å². The summed E-state index contributed by atoms with van der Waals surface area (Å²) in [6.45, 7) is 4.36. The number of anilines is 1. The number of hydrazone groups is 1. The van der Waals surface area contributed by atoms with E-state index in [4.69, 9.17) is 40.5 Å². The van der Waals surface area contributed by atoms with Crippen LogP contribution in [0.15, 0.2) is 53.6 Å². The maximum atomic E-state index is 11.7. The molecular formula is C23H25Cl3N4O. The number of halogens is 3. The summed E-state index contributed by atoms with van der Waals surface area (Å²) >= 11 is 18.3. The van der Waals surface area contributed by atoms with Crippen molar-refractivity contribution in [3.63, 3.8) is 0 Å². The van der Waals surface area contributed by atoms with Gasteiger partial charge < -0.3 is 11.1 Å². The molecule has 4 rings (SSSR count). The molecule has 164 valence electrons. The molecule has 2 aromatic rings. The molecule has 0 aliphatic carbocycles. The van der Waals surface area contributed by atoms with E-state index in [1.54, 1.807) is 35.3 Å². The summed E-state index contributed by atoms with van der Waals surface area (Å²) in [5.41, 5.74) is 7.98. The van der Waals surface area contributed by atoms with E-state index in [1.807, 2.05) is 25.1 Å². The summed E-state index contributed by atoms with van der Waals surface area (Å²) in [5, 5.41) is 10.9. The molecule has 0 spiro atoms. The largest absolute Gasteiger partial charge is 0.364 e. The van der Waals surface area contributed by atoms with E-state index >= 15 is 0 Å². The predicted molar refractivity (Wildman–Crippen MR) is 131 cm³/mol. The predicted octanol–water partition coefficient (Wildman–Crippen LogP) is 5.75. The molecule has 1 saturated heterocycles. The van der Waals surface area contributed by atoms with Crippen LogP contribution in [0.25, 0.3) is 5.70 Å². The molecule has 3 N–H and O–H groups in total. The summed E-state index contributed by atoms with van der Waals surface area (Å²) in [4.78, 5) is 11.7. The quantitative estimate of drug-likeness (QED) is 0.589. The average molecular weight is 480 g/mol. The Balaban J connectivity index is 0.000000391. The third-order valence-corrected chi connectivity index (χ3v) is 5.80. The minimum absolute atomic E-state index is 0.231. The van der Waals surface area contributed by atoms with E-state index in [0.29, 0.717) is 20.8 Å². The molecule has 2 heterocycles. The van der Waals surface area contributed by atoms with Crippen LogP contribution in [0.3, 0.4) is 0 Å². The van der Waals surface area contributed by atoms with E-state index in [2.05, 4.69) is 10.4 Å². The van der Waals surface area contributed by atoms with Crippen molar-refractivity contribution < 1.29 is 4.79 Å². The number of nitrogens with zero attached hydrogens (tertiary/aromatic N) is 2. The standard InChI is InChI=1S/C18H14Cl3N3O.C5H11N/c1-10-8-16(11-2-4-12(19)5-3-11)24(23-17(10)18(22)25)15-7-6-13(20)9-14(15)21;1-2-4-6-5-3-1/h2-10H,1H3,(H2,22,25);6H,1-5H2. The van der Waals surface area contributed by atoms with Crippen LogP contribution < -0.4 is 16.1 Å². The number of hydrogen-bond donors (Lipinski definition) is 2. The zero-order chi connectivity index (χ0) is 22.4. The Morgan fingerprint density at radius 3 is 2.19 bits per heavy atom. The lowest BCUT2D eigenvalue weighted by Crippen LogP contribution is -2.35. The van der Waals surface area contributed by atoms with Gasteiger partial charge in [-0.15, -0.1) is 0 Å². The van der Waals surface area contributed by atoms with Gasteiger partial charge in [-0.2, -0.15) is 5.10 Å². The highest BCUT2D eigenvalue weighted by Gasteiger charge is 2.27. The highest BCUT2D eigenvalue weighted by atomic mass is 35.5. The van der Waals surface area contributed by atoms with Crippen LogP contribution in [-0.2, 0) is 4.79 Å². The van der Waals surface area contributed by atoms with Gasteiger partial charge in [0.2, 0.25) is 0 Å². The third-order valence-electron chi connectivity index (χ3n) is 5.01. The number of piperidine rings is 1. The fourth-order valence-electron chi connectivity index (χ4n) is 3.39. The number of amides is 1. The van der Waals surface area contributed by atoms with Gasteiger partial charge in [-0.25, -0.2) is 5.01 Å². The van der Waals surface area contributed by atoms with Gasteiger partial charge in [-0.1, -0.05) is 60.3 Å². The van der Waals surface area contributed by atoms with Gasteiger partial charge in [0.15, 0.2) is 0 Å². The maximum absolute atomic E-state index is 11.7. The topological polar surface area (TPSA) is 70.7 Å². The fourth-order valence-corrected chi connectivity index (χ4v) is 4.00. The summed E-state index contributed by atoms with van der Waals surface area (Å²) in [7, 11) is 0. The molecule has 1 fully saturated rings. The molecule has 2 aliphatic heterocycles. The molecule has 0 saturated carbocycles. The lowest BCUT2D eigenvalue weighted by atomic mass is 9.98. The van der Waals surface area contributed by atoms with Gasteiger partial charge >= 0.3 is 0 Å². The first kappa shape index (κ1) is 23.6. The summed E-state index contributed by atoms with van der Waals surface area (Å²) in [6.07, 6.45) is 6.13.